The summed E-state index contributed by atoms with van der Waals surface area (Å²) in [6, 6.07) is 9.46. The van der Waals surface area contributed by atoms with Crippen LogP contribution in [0.25, 0.3) is 0 Å². The number of aromatic nitrogens is 1. The first kappa shape index (κ1) is 13.0. The molecule has 0 unspecified atom stereocenters. The summed E-state index contributed by atoms with van der Waals surface area (Å²) in [6.07, 6.45) is 0. The topological polar surface area (TPSA) is 63.0 Å². The Balaban J connectivity index is 2.34. The number of hydrogen-bond donors (Lipinski definition) is 3. The lowest BCUT2D eigenvalue weighted by Gasteiger charge is -2.11. The van der Waals surface area contributed by atoms with Crippen molar-refractivity contribution < 1.29 is 0 Å². The summed E-state index contributed by atoms with van der Waals surface area (Å²) in [5.74, 6) is 6.19. The Bertz CT molecular complexity index is 572. The lowest BCUT2D eigenvalue weighted by molar-refractivity contribution is 1.22. The van der Waals surface area contributed by atoms with Crippen LogP contribution in [-0.4, -0.2) is 4.98 Å². The first-order chi connectivity index (χ1) is 8.60. The van der Waals surface area contributed by atoms with E-state index in [-0.39, 0.29) is 0 Å². The molecule has 0 aliphatic carbocycles. The normalized spacial score (nSPS) is 10.2. The summed E-state index contributed by atoms with van der Waals surface area (Å²) < 4.78 is 0. The highest BCUT2D eigenvalue weighted by atomic mass is 35.5. The molecule has 1 heterocycles. The highest BCUT2D eigenvalue weighted by Crippen LogP contribution is 2.30. The van der Waals surface area contributed by atoms with Crippen LogP contribution >= 0.6 is 23.2 Å². The lowest BCUT2D eigenvalue weighted by atomic mass is 10.2. The van der Waals surface area contributed by atoms with Crippen LogP contribution in [0.1, 0.15) is 5.56 Å². The van der Waals surface area contributed by atoms with Gasteiger partial charge < -0.3 is 10.7 Å². The SMILES string of the molecule is Cc1cccc(Nc2nc(NN)c(Cl)cc2Cl)c1. The summed E-state index contributed by atoms with van der Waals surface area (Å²) >= 11 is 12.0. The van der Waals surface area contributed by atoms with Gasteiger partial charge in [-0.05, 0) is 30.7 Å². The number of hydrazine groups is 1. The van der Waals surface area contributed by atoms with Gasteiger partial charge in [0.25, 0.3) is 0 Å². The fourth-order valence-electron chi connectivity index (χ4n) is 1.52. The van der Waals surface area contributed by atoms with Crippen LogP contribution in [0.2, 0.25) is 10.0 Å². The first-order valence-corrected chi connectivity index (χ1v) is 6.02. The van der Waals surface area contributed by atoms with E-state index in [0.717, 1.165) is 11.3 Å². The van der Waals surface area contributed by atoms with Gasteiger partial charge in [-0.3, -0.25) is 0 Å². The van der Waals surface area contributed by atoms with E-state index in [2.05, 4.69) is 15.7 Å². The molecule has 0 saturated carbocycles. The molecule has 0 spiro atoms. The molecule has 0 fully saturated rings. The largest absolute Gasteiger partial charge is 0.339 e. The molecule has 0 atom stereocenters. The molecule has 1 aromatic carbocycles. The molecule has 18 heavy (non-hydrogen) atoms. The van der Waals surface area contributed by atoms with Crippen LogP contribution in [0.4, 0.5) is 17.3 Å². The number of nitrogens with two attached hydrogens (primary N) is 1. The van der Waals surface area contributed by atoms with E-state index in [1.165, 1.54) is 0 Å². The first-order valence-electron chi connectivity index (χ1n) is 5.26. The number of nitrogens with zero attached hydrogens (tertiary/aromatic N) is 1. The van der Waals surface area contributed by atoms with E-state index in [1.54, 1.807) is 6.07 Å². The average Bonchev–Trinajstić information content (AvgIpc) is 2.33. The fourth-order valence-corrected chi connectivity index (χ4v) is 1.98. The molecular formula is C12H12Cl2N4. The second-order valence-electron chi connectivity index (χ2n) is 3.79. The maximum Gasteiger partial charge on any atom is 0.161 e. The van der Waals surface area contributed by atoms with Crippen LogP contribution in [0, 0.1) is 6.92 Å². The van der Waals surface area contributed by atoms with Crippen molar-refractivity contribution >= 4 is 40.5 Å². The van der Waals surface area contributed by atoms with Crippen molar-refractivity contribution in [1.82, 2.24) is 4.98 Å². The number of halogens is 2. The molecule has 0 amide bonds. The summed E-state index contributed by atoms with van der Waals surface area (Å²) in [4.78, 5) is 4.20. The minimum absolute atomic E-state index is 0.371. The molecule has 4 N–H and O–H groups in total. The van der Waals surface area contributed by atoms with Gasteiger partial charge in [-0.15, -0.1) is 0 Å². The number of nitrogen functional groups attached to an aromatic ring is 1. The molecule has 0 saturated heterocycles. The van der Waals surface area contributed by atoms with Crippen LogP contribution in [0.5, 0.6) is 0 Å². The molecule has 0 bridgehead atoms. The van der Waals surface area contributed by atoms with Crippen molar-refractivity contribution in [2.45, 2.75) is 6.92 Å². The number of pyridine rings is 1. The number of rotatable bonds is 3. The monoisotopic (exact) mass is 282 g/mol. The molecule has 4 nitrogen and oxygen atoms in total. The molecule has 0 aliphatic rings. The van der Waals surface area contributed by atoms with Gasteiger partial charge in [-0.25, -0.2) is 10.8 Å². The van der Waals surface area contributed by atoms with Crippen LogP contribution in [0.3, 0.4) is 0 Å². The van der Waals surface area contributed by atoms with Crippen molar-refractivity contribution in [3.05, 3.63) is 45.9 Å². The minimum atomic E-state index is 0.371. The molecular weight excluding hydrogens is 271 g/mol. The minimum Gasteiger partial charge on any atom is -0.339 e. The molecule has 0 radical (unpaired) electrons. The Hall–Kier alpha value is -1.49. The number of aryl methyl sites for hydroxylation is 1. The molecule has 0 aliphatic heterocycles. The second-order valence-corrected chi connectivity index (χ2v) is 4.60. The number of anilines is 3. The van der Waals surface area contributed by atoms with Gasteiger partial charge in [0.15, 0.2) is 11.6 Å². The third kappa shape index (κ3) is 2.85. The quantitative estimate of drug-likeness (QED) is 0.593. The van der Waals surface area contributed by atoms with Crippen LogP contribution in [-0.2, 0) is 0 Å². The standard InChI is InChI=1S/C12H12Cl2N4/c1-7-3-2-4-8(5-7)16-11-9(13)6-10(14)12(17-11)18-15/h2-6H,15H2,1H3,(H2,16,17,18). The van der Waals surface area contributed by atoms with Gasteiger partial charge in [0, 0.05) is 5.69 Å². The smallest absolute Gasteiger partial charge is 0.161 e. The predicted octanol–water partition coefficient (Wildman–Crippen LogP) is 3.73. The van der Waals surface area contributed by atoms with Crippen LogP contribution in [0.15, 0.2) is 30.3 Å². The third-order valence-corrected chi connectivity index (χ3v) is 2.92. The zero-order valence-corrected chi connectivity index (χ0v) is 11.2. The van der Waals surface area contributed by atoms with Crippen molar-refractivity contribution in [3.8, 4) is 0 Å². The average molecular weight is 283 g/mol. The summed E-state index contributed by atoms with van der Waals surface area (Å²) in [6.45, 7) is 2.01. The summed E-state index contributed by atoms with van der Waals surface area (Å²) in [7, 11) is 0. The van der Waals surface area contributed by atoms with Gasteiger partial charge in [-0.1, -0.05) is 35.3 Å². The Morgan fingerprint density at radius 1 is 1.11 bits per heavy atom. The number of benzene rings is 1. The van der Waals surface area contributed by atoms with Crippen molar-refractivity contribution in [1.29, 1.82) is 0 Å². The zero-order valence-electron chi connectivity index (χ0n) is 9.67. The Kier molecular flexibility index (Phi) is 3.91. The predicted molar refractivity (Wildman–Crippen MR) is 76.5 cm³/mol. The lowest BCUT2D eigenvalue weighted by Crippen LogP contribution is -2.10. The van der Waals surface area contributed by atoms with Gasteiger partial charge in [0.1, 0.15) is 0 Å². The highest BCUT2D eigenvalue weighted by molar-refractivity contribution is 6.37. The maximum atomic E-state index is 6.07. The maximum absolute atomic E-state index is 6.07. The third-order valence-electron chi connectivity index (χ3n) is 2.35. The summed E-state index contributed by atoms with van der Waals surface area (Å²) in [5, 5.41) is 3.92. The van der Waals surface area contributed by atoms with Crippen molar-refractivity contribution in [2.75, 3.05) is 10.7 Å². The fraction of sp³-hybridized carbons (Fsp3) is 0.0833. The number of nitrogens with one attached hydrogen (secondary N) is 2. The highest BCUT2D eigenvalue weighted by Gasteiger charge is 2.08. The van der Waals surface area contributed by atoms with E-state index >= 15 is 0 Å². The summed E-state index contributed by atoms with van der Waals surface area (Å²) in [5.41, 5.74) is 4.46. The van der Waals surface area contributed by atoms with E-state index in [1.807, 2.05) is 31.2 Å². The van der Waals surface area contributed by atoms with Gasteiger partial charge in [-0.2, -0.15) is 0 Å². The number of hydrogen-bond acceptors (Lipinski definition) is 4. The Morgan fingerprint density at radius 3 is 2.50 bits per heavy atom. The van der Waals surface area contributed by atoms with E-state index < -0.39 is 0 Å². The van der Waals surface area contributed by atoms with Crippen molar-refractivity contribution in [3.63, 3.8) is 0 Å². The van der Waals surface area contributed by atoms with Gasteiger partial charge >= 0.3 is 0 Å². The van der Waals surface area contributed by atoms with Gasteiger partial charge in [0.05, 0.1) is 10.0 Å². The van der Waals surface area contributed by atoms with Crippen molar-refractivity contribution in [2.24, 2.45) is 5.84 Å². The molecule has 1 aromatic heterocycles. The Morgan fingerprint density at radius 2 is 1.83 bits per heavy atom. The second kappa shape index (κ2) is 5.44. The molecule has 6 heteroatoms. The van der Waals surface area contributed by atoms with E-state index in [0.29, 0.717) is 21.7 Å². The molecule has 2 rings (SSSR count). The molecule has 2 aromatic rings. The van der Waals surface area contributed by atoms with Gasteiger partial charge in [0.2, 0.25) is 0 Å². The van der Waals surface area contributed by atoms with Crippen LogP contribution < -0.4 is 16.6 Å². The zero-order chi connectivity index (χ0) is 13.1. The van der Waals surface area contributed by atoms with E-state index in [9.17, 15) is 0 Å². The Labute approximate surface area is 115 Å². The molecule has 94 valence electrons. The van der Waals surface area contributed by atoms with E-state index in [4.69, 9.17) is 29.0 Å².